The molecule has 0 unspecified atom stereocenters. The fraction of sp³-hybridized carbons (Fsp3) is 0.250. The van der Waals surface area contributed by atoms with Gasteiger partial charge in [0.05, 0.1) is 11.2 Å². The third-order valence-corrected chi connectivity index (χ3v) is 4.25. The number of imidazole rings is 1. The highest BCUT2D eigenvalue weighted by molar-refractivity contribution is 7.89. The van der Waals surface area contributed by atoms with Gasteiger partial charge in [-0.25, -0.2) is 18.1 Å². The molecular weight excluding hydrogens is 278 g/mol. The molecule has 2 aromatic rings. The van der Waals surface area contributed by atoms with Crippen LogP contribution in [-0.4, -0.2) is 24.5 Å². The average molecular weight is 295 g/mol. The minimum Gasteiger partial charge on any atom is -0.337 e. The number of aromatic nitrogens is 2. The van der Waals surface area contributed by atoms with Gasteiger partial charge >= 0.3 is 0 Å². The molecule has 0 saturated heterocycles. The molecule has 1 aromatic heterocycles. The van der Waals surface area contributed by atoms with Crippen LogP contribution in [0.25, 0.3) is 0 Å². The monoisotopic (exact) mass is 295 g/mol. The zero-order valence-corrected chi connectivity index (χ0v) is 11.7. The number of anilines is 1. The van der Waals surface area contributed by atoms with Gasteiger partial charge in [-0.1, -0.05) is 0 Å². The summed E-state index contributed by atoms with van der Waals surface area (Å²) in [6.45, 7) is 1.09. The van der Waals surface area contributed by atoms with Crippen LogP contribution in [0.5, 0.6) is 0 Å². The molecule has 1 heterocycles. The lowest BCUT2D eigenvalue weighted by Gasteiger charge is -2.08. The van der Waals surface area contributed by atoms with Crippen molar-refractivity contribution in [2.75, 3.05) is 12.0 Å². The third kappa shape index (κ3) is 3.80. The lowest BCUT2D eigenvalue weighted by molar-refractivity contribution is 0.570. The number of nitrogens with zero attached hydrogens (tertiary/aromatic N) is 2. The van der Waals surface area contributed by atoms with Crippen LogP contribution in [0.2, 0.25) is 0 Å². The van der Waals surface area contributed by atoms with Crippen molar-refractivity contribution in [3.63, 3.8) is 0 Å². The Hall–Kier alpha value is -1.90. The van der Waals surface area contributed by atoms with Crippen molar-refractivity contribution in [2.45, 2.75) is 17.9 Å². The molecule has 20 heavy (non-hydrogen) atoms. The van der Waals surface area contributed by atoms with Crippen LogP contribution in [0.4, 0.5) is 5.69 Å². The Morgan fingerprint density at radius 3 is 2.60 bits per heavy atom. The summed E-state index contributed by atoms with van der Waals surface area (Å²) >= 11 is 0. The van der Waals surface area contributed by atoms with E-state index in [4.69, 9.17) is 5.84 Å². The van der Waals surface area contributed by atoms with Crippen LogP contribution >= 0.6 is 0 Å². The standard InChI is InChI=1S/C12H17N5O2S/c13-16-11-2-4-12(5-3-11)20(18,19)15-6-1-8-17-9-7-14-10-17/h2-5,7,9-10,15-16H,1,6,8,13H2. The minimum atomic E-state index is -3.47. The number of hydrazine groups is 1. The maximum Gasteiger partial charge on any atom is 0.240 e. The predicted octanol–water partition coefficient (Wildman–Crippen LogP) is 0.537. The SMILES string of the molecule is NNc1ccc(S(=O)(=O)NCCCn2ccnc2)cc1. The van der Waals surface area contributed by atoms with E-state index in [2.05, 4.69) is 15.1 Å². The van der Waals surface area contributed by atoms with Crippen molar-refractivity contribution in [3.05, 3.63) is 43.0 Å². The van der Waals surface area contributed by atoms with E-state index in [0.29, 0.717) is 18.7 Å². The molecule has 0 aliphatic carbocycles. The Labute approximate surface area is 117 Å². The molecule has 108 valence electrons. The van der Waals surface area contributed by atoms with Crippen LogP contribution in [0.3, 0.4) is 0 Å². The van der Waals surface area contributed by atoms with Gasteiger partial charge in [-0.3, -0.25) is 5.84 Å². The third-order valence-electron chi connectivity index (χ3n) is 2.78. The summed E-state index contributed by atoms with van der Waals surface area (Å²) < 4.78 is 28.5. The molecule has 8 heteroatoms. The molecule has 0 atom stereocenters. The molecule has 7 nitrogen and oxygen atoms in total. The highest BCUT2D eigenvalue weighted by atomic mass is 32.2. The molecule has 0 aliphatic heterocycles. The van der Waals surface area contributed by atoms with Crippen molar-refractivity contribution < 1.29 is 8.42 Å². The molecule has 1 aromatic carbocycles. The second-order valence-corrected chi connectivity index (χ2v) is 5.99. The number of nitrogen functional groups attached to an aromatic ring is 1. The quantitative estimate of drug-likeness (QED) is 0.393. The molecule has 0 spiro atoms. The van der Waals surface area contributed by atoms with E-state index in [1.54, 1.807) is 24.7 Å². The van der Waals surface area contributed by atoms with E-state index in [9.17, 15) is 8.42 Å². The van der Waals surface area contributed by atoms with Crippen molar-refractivity contribution in [2.24, 2.45) is 5.84 Å². The Morgan fingerprint density at radius 1 is 1.25 bits per heavy atom. The highest BCUT2D eigenvalue weighted by Gasteiger charge is 2.12. The summed E-state index contributed by atoms with van der Waals surface area (Å²) in [7, 11) is -3.47. The van der Waals surface area contributed by atoms with Gasteiger partial charge in [0.1, 0.15) is 0 Å². The van der Waals surface area contributed by atoms with Gasteiger partial charge in [-0.05, 0) is 30.7 Å². The zero-order valence-electron chi connectivity index (χ0n) is 10.9. The second kappa shape index (κ2) is 6.51. The molecule has 4 N–H and O–H groups in total. The summed E-state index contributed by atoms with van der Waals surface area (Å²) in [5, 5.41) is 0. The largest absolute Gasteiger partial charge is 0.337 e. The fourth-order valence-electron chi connectivity index (χ4n) is 1.70. The second-order valence-electron chi connectivity index (χ2n) is 4.22. The maximum absolute atomic E-state index is 12.0. The normalized spacial score (nSPS) is 11.4. The molecular formula is C12H17N5O2S. The molecule has 0 bridgehead atoms. The average Bonchev–Trinajstić information content (AvgIpc) is 2.97. The Kier molecular flexibility index (Phi) is 4.72. The number of benzene rings is 1. The molecule has 0 fully saturated rings. The van der Waals surface area contributed by atoms with Gasteiger partial charge in [-0.15, -0.1) is 0 Å². The first-order valence-corrected chi connectivity index (χ1v) is 7.62. The van der Waals surface area contributed by atoms with Crippen LogP contribution in [0, 0.1) is 0 Å². The maximum atomic E-state index is 12.0. The van der Waals surface area contributed by atoms with Gasteiger partial charge in [0, 0.05) is 31.2 Å². The van der Waals surface area contributed by atoms with Gasteiger partial charge in [-0.2, -0.15) is 0 Å². The highest BCUT2D eigenvalue weighted by Crippen LogP contribution is 2.12. The van der Waals surface area contributed by atoms with E-state index >= 15 is 0 Å². The Bertz CT molecular complexity index is 622. The lowest BCUT2D eigenvalue weighted by atomic mass is 10.3. The van der Waals surface area contributed by atoms with Crippen molar-refractivity contribution in [1.82, 2.24) is 14.3 Å². The molecule has 0 amide bonds. The summed E-state index contributed by atoms with van der Waals surface area (Å²) in [6.07, 6.45) is 5.93. The number of hydrogen-bond donors (Lipinski definition) is 3. The lowest BCUT2D eigenvalue weighted by Crippen LogP contribution is -2.25. The Morgan fingerprint density at radius 2 is 2.00 bits per heavy atom. The number of sulfonamides is 1. The summed E-state index contributed by atoms with van der Waals surface area (Å²) in [4.78, 5) is 4.14. The van der Waals surface area contributed by atoms with E-state index in [1.165, 1.54) is 12.1 Å². The van der Waals surface area contributed by atoms with Crippen molar-refractivity contribution >= 4 is 15.7 Å². The number of rotatable bonds is 7. The predicted molar refractivity (Wildman–Crippen MR) is 76.3 cm³/mol. The zero-order chi connectivity index (χ0) is 14.4. The number of aryl methyl sites for hydroxylation is 1. The molecule has 0 radical (unpaired) electrons. The van der Waals surface area contributed by atoms with E-state index in [-0.39, 0.29) is 4.90 Å². The first kappa shape index (κ1) is 14.5. The number of nitrogens with one attached hydrogen (secondary N) is 2. The smallest absolute Gasteiger partial charge is 0.240 e. The first-order valence-electron chi connectivity index (χ1n) is 6.14. The van der Waals surface area contributed by atoms with E-state index < -0.39 is 10.0 Å². The van der Waals surface area contributed by atoms with Crippen molar-refractivity contribution in [1.29, 1.82) is 0 Å². The van der Waals surface area contributed by atoms with Gasteiger partial charge in [0.2, 0.25) is 10.0 Å². The Balaban J connectivity index is 1.86. The molecule has 0 aliphatic rings. The molecule has 2 rings (SSSR count). The summed E-state index contributed by atoms with van der Waals surface area (Å²) in [5.41, 5.74) is 3.11. The van der Waals surface area contributed by atoms with Crippen LogP contribution < -0.4 is 16.0 Å². The van der Waals surface area contributed by atoms with Crippen molar-refractivity contribution in [3.8, 4) is 0 Å². The summed E-state index contributed by atoms with van der Waals surface area (Å²) in [6, 6.07) is 6.24. The number of nitrogens with two attached hydrogens (primary N) is 1. The minimum absolute atomic E-state index is 0.221. The van der Waals surface area contributed by atoms with Crippen LogP contribution in [0.15, 0.2) is 47.9 Å². The van der Waals surface area contributed by atoms with E-state index in [1.807, 2.05) is 10.8 Å². The number of hydrogen-bond acceptors (Lipinski definition) is 5. The van der Waals surface area contributed by atoms with Gasteiger partial charge in [0.25, 0.3) is 0 Å². The topological polar surface area (TPSA) is 102 Å². The van der Waals surface area contributed by atoms with Gasteiger partial charge in [0.15, 0.2) is 0 Å². The van der Waals surface area contributed by atoms with E-state index in [0.717, 1.165) is 6.54 Å². The molecule has 0 saturated carbocycles. The van der Waals surface area contributed by atoms with Crippen LogP contribution in [-0.2, 0) is 16.6 Å². The van der Waals surface area contributed by atoms with Gasteiger partial charge < -0.3 is 9.99 Å². The van der Waals surface area contributed by atoms with Crippen LogP contribution in [0.1, 0.15) is 6.42 Å². The first-order chi connectivity index (χ1) is 9.62. The fourth-order valence-corrected chi connectivity index (χ4v) is 2.77. The summed E-state index contributed by atoms with van der Waals surface area (Å²) in [5.74, 6) is 5.23.